The fourth-order valence-corrected chi connectivity index (χ4v) is 3.20. The maximum atomic E-state index is 5.82. The van der Waals surface area contributed by atoms with Crippen LogP contribution in [0.2, 0.25) is 0 Å². The highest BCUT2D eigenvalue weighted by Crippen LogP contribution is 2.34. The van der Waals surface area contributed by atoms with Crippen molar-refractivity contribution < 1.29 is 4.74 Å². The molecule has 1 aromatic heterocycles. The summed E-state index contributed by atoms with van der Waals surface area (Å²) in [5.41, 5.74) is 11.6. The Hall–Kier alpha value is -0.940. The standard InChI is InChI=1S/C14H16N2OS.ClH/c15-7-13-11-3-1-4-12(14-8-16-9-18-14)10(11)5-2-6-17-13;/h1,3-4,8-9,13H,2,5-7,15H2;1H. The molecule has 1 aliphatic rings. The number of rotatable bonds is 2. The second kappa shape index (κ2) is 6.48. The van der Waals surface area contributed by atoms with Gasteiger partial charge in [0.2, 0.25) is 0 Å². The van der Waals surface area contributed by atoms with Crippen molar-refractivity contribution in [2.75, 3.05) is 13.2 Å². The topological polar surface area (TPSA) is 48.1 Å². The molecule has 0 saturated carbocycles. The third kappa shape index (κ3) is 2.82. The van der Waals surface area contributed by atoms with Gasteiger partial charge < -0.3 is 10.5 Å². The number of aromatic nitrogens is 1. The highest BCUT2D eigenvalue weighted by molar-refractivity contribution is 7.13. The Morgan fingerprint density at radius 2 is 2.32 bits per heavy atom. The molecule has 5 heteroatoms. The van der Waals surface area contributed by atoms with Crippen molar-refractivity contribution in [1.29, 1.82) is 0 Å². The molecule has 0 saturated heterocycles. The van der Waals surface area contributed by atoms with Crippen molar-refractivity contribution in [2.45, 2.75) is 18.9 Å². The second-order valence-corrected chi connectivity index (χ2v) is 5.32. The lowest BCUT2D eigenvalue weighted by Crippen LogP contribution is -2.16. The van der Waals surface area contributed by atoms with Gasteiger partial charge in [-0.3, -0.25) is 4.98 Å². The highest BCUT2D eigenvalue weighted by atomic mass is 35.5. The first-order chi connectivity index (χ1) is 8.90. The molecule has 0 spiro atoms. The smallest absolute Gasteiger partial charge is 0.0949 e. The summed E-state index contributed by atoms with van der Waals surface area (Å²) in [6.45, 7) is 1.33. The van der Waals surface area contributed by atoms with Crippen LogP contribution in [0.1, 0.15) is 23.7 Å². The van der Waals surface area contributed by atoms with Crippen molar-refractivity contribution in [3.63, 3.8) is 0 Å². The number of ether oxygens (including phenoxy) is 1. The first-order valence-corrected chi connectivity index (χ1v) is 7.10. The quantitative estimate of drug-likeness (QED) is 0.926. The van der Waals surface area contributed by atoms with Crippen LogP contribution in [-0.2, 0) is 11.2 Å². The molecule has 1 atom stereocenters. The molecule has 0 bridgehead atoms. The Kier molecular flexibility index (Phi) is 4.93. The van der Waals surface area contributed by atoms with E-state index >= 15 is 0 Å². The van der Waals surface area contributed by atoms with Crippen molar-refractivity contribution >= 4 is 23.7 Å². The Bertz CT molecular complexity index is 530. The fourth-order valence-electron chi connectivity index (χ4n) is 2.52. The molecule has 1 aromatic carbocycles. The van der Waals surface area contributed by atoms with Gasteiger partial charge in [0.1, 0.15) is 0 Å². The van der Waals surface area contributed by atoms with E-state index in [1.165, 1.54) is 21.6 Å². The summed E-state index contributed by atoms with van der Waals surface area (Å²) in [4.78, 5) is 5.40. The van der Waals surface area contributed by atoms with Crippen molar-refractivity contribution in [3.8, 4) is 10.4 Å². The molecule has 3 rings (SSSR count). The summed E-state index contributed by atoms with van der Waals surface area (Å²) in [5.74, 6) is 0. The summed E-state index contributed by atoms with van der Waals surface area (Å²) in [5, 5.41) is 0. The van der Waals surface area contributed by atoms with Crippen molar-refractivity contribution in [2.24, 2.45) is 5.73 Å². The van der Waals surface area contributed by atoms with E-state index in [1.54, 1.807) is 11.3 Å². The molecular formula is C14H17ClN2OS. The Morgan fingerprint density at radius 1 is 1.42 bits per heavy atom. The largest absolute Gasteiger partial charge is 0.372 e. The van der Waals surface area contributed by atoms with Gasteiger partial charge in [-0.25, -0.2) is 0 Å². The number of nitrogens with two attached hydrogens (primary N) is 1. The van der Waals surface area contributed by atoms with E-state index in [0.717, 1.165) is 19.4 Å². The zero-order valence-corrected chi connectivity index (χ0v) is 12.2. The molecule has 0 fully saturated rings. The third-order valence-electron chi connectivity index (χ3n) is 3.36. The van der Waals surface area contributed by atoms with E-state index in [1.807, 2.05) is 11.7 Å². The molecule has 1 unspecified atom stereocenters. The van der Waals surface area contributed by atoms with Crippen molar-refractivity contribution in [1.82, 2.24) is 4.98 Å². The van der Waals surface area contributed by atoms with Crippen LogP contribution in [0.15, 0.2) is 29.9 Å². The zero-order chi connectivity index (χ0) is 12.4. The van der Waals surface area contributed by atoms with E-state index in [0.29, 0.717) is 6.54 Å². The van der Waals surface area contributed by atoms with E-state index in [-0.39, 0.29) is 18.5 Å². The number of halogens is 1. The van der Waals surface area contributed by atoms with Gasteiger partial charge in [-0.15, -0.1) is 23.7 Å². The SMILES string of the molecule is Cl.NCC1OCCCc2c(-c3cncs3)cccc21. The van der Waals surface area contributed by atoms with Gasteiger partial charge in [-0.2, -0.15) is 0 Å². The Balaban J connectivity index is 0.00000133. The summed E-state index contributed by atoms with van der Waals surface area (Å²) in [7, 11) is 0. The lowest BCUT2D eigenvalue weighted by atomic mass is 9.94. The molecule has 1 aliphatic heterocycles. The van der Waals surface area contributed by atoms with Crippen LogP contribution >= 0.6 is 23.7 Å². The average molecular weight is 297 g/mol. The van der Waals surface area contributed by atoms with E-state index in [4.69, 9.17) is 10.5 Å². The molecule has 19 heavy (non-hydrogen) atoms. The highest BCUT2D eigenvalue weighted by Gasteiger charge is 2.20. The molecule has 102 valence electrons. The number of thiazole rings is 1. The number of nitrogens with zero attached hydrogens (tertiary/aromatic N) is 1. The second-order valence-electron chi connectivity index (χ2n) is 4.44. The van der Waals surface area contributed by atoms with Gasteiger partial charge in [-0.1, -0.05) is 18.2 Å². The van der Waals surface area contributed by atoms with Gasteiger partial charge in [0.15, 0.2) is 0 Å². The molecule has 0 amide bonds. The third-order valence-corrected chi connectivity index (χ3v) is 4.17. The molecule has 2 aromatic rings. The van der Waals surface area contributed by atoms with Gasteiger partial charge in [0.25, 0.3) is 0 Å². The number of fused-ring (bicyclic) bond motifs is 1. The van der Waals surface area contributed by atoms with Crippen LogP contribution in [0.25, 0.3) is 10.4 Å². The van der Waals surface area contributed by atoms with Gasteiger partial charge in [0.05, 0.1) is 16.5 Å². The predicted molar refractivity (Wildman–Crippen MR) is 80.9 cm³/mol. The van der Waals surface area contributed by atoms with Crippen LogP contribution in [-0.4, -0.2) is 18.1 Å². The molecule has 2 N–H and O–H groups in total. The van der Waals surface area contributed by atoms with Crippen LogP contribution in [0.4, 0.5) is 0 Å². The monoisotopic (exact) mass is 296 g/mol. The van der Waals surface area contributed by atoms with Crippen LogP contribution in [0.5, 0.6) is 0 Å². The minimum atomic E-state index is 0. The lowest BCUT2D eigenvalue weighted by Gasteiger charge is -2.17. The maximum Gasteiger partial charge on any atom is 0.0949 e. The Morgan fingerprint density at radius 3 is 3.05 bits per heavy atom. The van der Waals surface area contributed by atoms with E-state index in [2.05, 4.69) is 23.2 Å². The lowest BCUT2D eigenvalue weighted by molar-refractivity contribution is 0.0627. The summed E-state index contributed by atoms with van der Waals surface area (Å²) in [6, 6.07) is 6.40. The normalized spacial score (nSPS) is 18.3. The summed E-state index contributed by atoms with van der Waals surface area (Å²) < 4.78 is 5.81. The number of hydrogen-bond acceptors (Lipinski definition) is 4. The minimum Gasteiger partial charge on any atom is -0.372 e. The van der Waals surface area contributed by atoms with E-state index in [9.17, 15) is 0 Å². The first kappa shape index (κ1) is 14.5. The van der Waals surface area contributed by atoms with Gasteiger partial charge >= 0.3 is 0 Å². The number of hydrogen-bond donors (Lipinski definition) is 1. The van der Waals surface area contributed by atoms with Gasteiger partial charge in [-0.05, 0) is 29.5 Å². The molecule has 0 radical (unpaired) electrons. The fraction of sp³-hybridized carbons (Fsp3) is 0.357. The van der Waals surface area contributed by atoms with Crippen LogP contribution in [0.3, 0.4) is 0 Å². The van der Waals surface area contributed by atoms with Crippen molar-refractivity contribution in [3.05, 3.63) is 41.0 Å². The zero-order valence-electron chi connectivity index (χ0n) is 10.5. The summed E-state index contributed by atoms with van der Waals surface area (Å²) in [6.07, 6.45) is 4.08. The Labute approximate surface area is 123 Å². The number of benzene rings is 1. The van der Waals surface area contributed by atoms with E-state index < -0.39 is 0 Å². The predicted octanol–water partition coefficient (Wildman–Crippen LogP) is 3.19. The molecule has 3 nitrogen and oxygen atoms in total. The first-order valence-electron chi connectivity index (χ1n) is 6.22. The maximum absolute atomic E-state index is 5.82. The summed E-state index contributed by atoms with van der Waals surface area (Å²) >= 11 is 1.68. The van der Waals surface area contributed by atoms with Crippen LogP contribution < -0.4 is 5.73 Å². The van der Waals surface area contributed by atoms with Gasteiger partial charge in [0, 0.05) is 19.3 Å². The average Bonchev–Trinajstić information content (AvgIpc) is 2.85. The van der Waals surface area contributed by atoms with Crippen LogP contribution in [0, 0.1) is 0 Å². The molecule has 0 aliphatic carbocycles. The minimum absolute atomic E-state index is 0. The molecular weight excluding hydrogens is 280 g/mol. The molecule has 2 heterocycles.